The second kappa shape index (κ2) is 3.69. The fourth-order valence-corrected chi connectivity index (χ4v) is 2.43. The molecule has 0 bridgehead atoms. The molecule has 0 spiro atoms. The molecule has 0 unspecified atom stereocenters. The number of halogens is 1. The number of aryl methyl sites for hydroxylation is 1. The molecular formula is C12H16ClNO. The van der Waals surface area contributed by atoms with Gasteiger partial charge in [-0.15, -0.1) is 0 Å². The average Bonchev–Trinajstić information content (AvgIpc) is 2.99. The van der Waals surface area contributed by atoms with E-state index in [1.165, 1.54) is 0 Å². The maximum Gasteiger partial charge on any atom is 0.122 e. The number of rotatable bonds is 3. The fraction of sp³-hybridized carbons (Fsp3) is 0.500. The maximum absolute atomic E-state index is 6.25. The standard InChI is InChI=1S/C12H16ClNO/c1-8-5-10(13)9(6-11(8)15-2)12(7-14)3-4-12/h5-6H,3-4,7,14H2,1-2H3. The van der Waals surface area contributed by atoms with Crippen molar-refractivity contribution in [1.29, 1.82) is 0 Å². The van der Waals surface area contributed by atoms with Gasteiger partial charge in [-0.3, -0.25) is 0 Å². The molecule has 1 aromatic rings. The SMILES string of the molecule is COc1cc(C2(CN)CC2)c(Cl)cc1C. The van der Waals surface area contributed by atoms with Crippen LogP contribution in [0.3, 0.4) is 0 Å². The topological polar surface area (TPSA) is 35.2 Å². The van der Waals surface area contributed by atoms with Crippen LogP contribution in [-0.4, -0.2) is 13.7 Å². The largest absolute Gasteiger partial charge is 0.496 e. The van der Waals surface area contributed by atoms with Gasteiger partial charge in [-0.05, 0) is 43.0 Å². The summed E-state index contributed by atoms with van der Waals surface area (Å²) in [5, 5.41) is 0.816. The molecule has 1 aliphatic rings. The van der Waals surface area contributed by atoms with Gasteiger partial charge < -0.3 is 10.5 Å². The van der Waals surface area contributed by atoms with Crippen LogP contribution in [0.4, 0.5) is 0 Å². The van der Waals surface area contributed by atoms with Crippen LogP contribution in [0.15, 0.2) is 12.1 Å². The van der Waals surface area contributed by atoms with Crippen LogP contribution in [-0.2, 0) is 5.41 Å². The minimum absolute atomic E-state index is 0.123. The van der Waals surface area contributed by atoms with Gasteiger partial charge in [-0.25, -0.2) is 0 Å². The van der Waals surface area contributed by atoms with E-state index in [1.54, 1.807) is 7.11 Å². The normalized spacial score (nSPS) is 17.6. The van der Waals surface area contributed by atoms with E-state index < -0.39 is 0 Å². The van der Waals surface area contributed by atoms with Crippen LogP contribution in [0.1, 0.15) is 24.0 Å². The van der Waals surface area contributed by atoms with E-state index in [1.807, 2.05) is 19.1 Å². The Kier molecular flexibility index (Phi) is 2.65. The summed E-state index contributed by atoms with van der Waals surface area (Å²) < 4.78 is 5.31. The molecule has 3 heteroatoms. The van der Waals surface area contributed by atoms with Crippen LogP contribution in [0.25, 0.3) is 0 Å². The first kappa shape index (κ1) is 10.8. The minimum atomic E-state index is 0.123. The molecular weight excluding hydrogens is 210 g/mol. The van der Waals surface area contributed by atoms with Gasteiger partial charge in [-0.1, -0.05) is 11.6 Å². The van der Waals surface area contributed by atoms with Crippen molar-refractivity contribution < 1.29 is 4.74 Å². The van der Waals surface area contributed by atoms with Crippen LogP contribution in [0, 0.1) is 6.92 Å². The van der Waals surface area contributed by atoms with E-state index in [-0.39, 0.29) is 5.41 Å². The third-order valence-corrected chi connectivity index (χ3v) is 3.61. The van der Waals surface area contributed by atoms with Crippen molar-refractivity contribution in [2.45, 2.75) is 25.2 Å². The van der Waals surface area contributed by atoms with Gasteiger partial charge in [0.25, 0.3) is 0 Å². The molecule has 82 valence electrons. The Hall–Kier alpha value is -0.730. The van der Waals surface area contributed by atoms with Crippen LogP contribution in [0.5, 0.6) is 5.75 Å². The summed E-state index contributed by atoms with van der Waals surface area (Å²) in [6.07, 6.45) is 2.27. The molecule has 1 aliphatic carbocycles. The second-order valence-corrected chi connectivity index (χ2v) is 4.69. The highest BCUT2D eigenvalue weighted by Gasteiger charge is 2.44. The zero-order valence-electron chi connectivity index (χ0n) is 9.14. The fourth-order valence-electron chi connectivity index (χ4n) is 2.01. The first-order valence-corrected chi connectivity index (χ1v) is 5.55. The zero-order chi connectivity index (χ0) is 11.1. The van der Waals surface area contributed by atoms with Gasteiger partial charge in [0, 0.05) is 17.0 Å². The molecule has 0 atom stereocenters. The number of methoxy groups -OCH3 is 1. The Bertz CT molecular complexity index is 385. The number of benzene rings is 1. The highest BCUT2D eigenvalue weighted by molar-refractivity contribution is 6.31. The third kappa shape index (κ3) is 1.72. The summed E-state index contributed by atoms with van der Waals surface area (Å²) in [6.45, 7) is 2.66. The lowest BCUT2D eigenvalue weighted by atomic mass is 9.94. The lowest BCUT2D eigenvalue weighted by molar-refractivity contribution is 0.410. The van der Waals surface area contributed by atoms with Crippen molar-refractivity contribution in [1.82, 2.24) is 0 Å². The molecule has 1 fully saturated rings. The van der Waals surface area contributed by atoms with Crippen molar-refractivity contribution in [3.05, 3.63) is 28.3 Å². The Morgan fingerprint density at radius 3 is 2.60 bits per heavy atom. The molecule has 2 nitrogen and oxygen atoms in total. The quantitative estimate of drug-likeness (QED) is 0.859. The second-order valence-electron chi connectivity index (χ2n) is 4.29. The summed E-state index contributed by atoms with van der Waals surface area (Å²) in [7, 11) is 1.68. The summed E-state index contributed by atoms with van der Waals surface area (Å²) in [4.78, 5) is 0. The summed E-state index contributed by atoms with van der Waals surface area (Å²) in [5.41, 5.74) is 8.14. The molecule has 1 aromatic carbocycles. The van der Waals surface area contributed by atoms with Crippen LogP contribution < -0.4 is 10.5 Å². The number of nitrogens with two attached hydrogens (primary N) is 1. The third-order valence-electron chi connectivity index (χ3n) is 3.30. The Morgan fingerprint density at radius 2 is 2.13 bits per heavy atom. The average molecular weight is 226 g/mol. The van der Waals surface area contributed by atoms with E-state index in [0.29, 0.717) is 6.54 Å². The van der Waals surface area contributed by atoms with Crippen molar-refractivity contribution in [2.75, 3.05) is 13.7 Å². The number of hydrogen-bond acceptors (Lipinski definition) is 2. The smallest absolute Gasteiger partial charge is 0.122 e. The minimum Gasteiger partial charge on any atom is -0.496 e. The molecule has 2 N–H and O–H groups in total. The predicted molar refractivity (Wildman–Crippen MR) is 62.7 cm³/mol. The lowest BCUT2D eigenvalue weighted by Gasteiger charge is -2.17. The molecule has 0 amide bonds. The van der Waals surface area contributed by atoms with E-state index in [0.717, 1.165) is 34.7 Å². The maximum atomic E-state index is 6.25. The molecule has 0 heterocycles. The first-order chi connectivity index (χ1) is 7.13. The van der Waals surface area contributed by atoms with Gasteiger partial charge in [0.1, 0.15) is 5.75 Å². The first-order valence-electron chi connectivity index (χ1n) is 5.17. The highest BCUT2D eigenvalue weighted by Crippen LogP contribution is 2.50. The van der Waals surface area contributed by atoms with Gasteiger partial charge in [-0.2, -0.15) is 0 Å². The zero-order valence-corrected chi connectivity index (χ0v) is 9.90. The Balaban J connectivity index is 2.47. The summed E-state index contributed by atoms with van der Waals surface area (Å²) in [5.74, 6) is 0.897. The van der Waals surface area contributed by atoms with Gasteiger partial charge in [0.05, 0.1) is 7.11 Å². The number of hydrogen-bond donors (Lipinski definition) is 1. The van der Waals surface area contributed by atoms with Crippen molar-refractivity contribution >= 4 is 11.6 Å². The molecule has 0 aromatic heterocycles. The molecule has 1 saturated carbocycles. The Morgan fingerprint density at radius 1 is 1.47 bits per heavy atom. The molecule has 15 heavy (non-hydrogen) atoms. The van der Waals surface area contributed by atoms with Gasteiger partial charge >= 0.3 is 0 Å². The van der Waals surface area contributed by atoms with Crippen molar-refractivity contribution in [3.8, 4) is 5.75 Å². The monoisotopic (exact) mass is 225 g/mol. The molecule has 0 saturated heterocycles. The Labute approximate surface area is 95.4 Å². The molecule has 0 radical (unpaired) electrons. The molecule has 2 rings (SSSR count). The summed E-state index contributed by atoms with van der Waals surface area (Å²) in [6, 6.07) is 4.00. The van der Waals surface area contributed by atoms with Crippen molar-refractivity contribution in [3.63, 3.8) is 0 Å². The lowest BCUT2D eigenvalue weighted by Crippen LogP contribution is -2.20. The van der Waals surface area contributed by atoms with E-state index in [9.17, 15) is 0 Å². The summed E-state index contributed by atoms with van der Waals surface area (Å²) >= 11 is 6.25. The van der Waals surface area contributed by atoms with E-state index in [2.05, 4.69) is 0 Å². The number of ether oxygens (including phenoxy) is 1. The van der Waals surface area contributed by atoms with Gasteiger partial charge in [0.2, 0.25) is 0 Å². The van der Waals surface area contributed by atoms with E-state index >= 15 is 0 Å². The van der Waals surface area contributed by atoms with Crippen LogP contribution >= 0.6 is 11.6 Å². The van der Waals surface area contributed by atoms with Crippen molar-refractivity contribution in [2.24, 2.45) is 5.73 Å². The highest BCUT2D eigenvalue weighted by atomic mass is 35.5. The predicted octanol–water partition coefficient (Wildman–Crippen LogP) is 2.65. The molecule has 0 aliphatic heterocycles. The van der Waals surface area contributed by atoms with Gasteiger partial charge in [0.15, 0.2) is 0 Å². The van der Waals surface area contributed by atoms with E-state index in [4.69, 9.17) is 22.1 Å². The van der Waals surface area contributed by atoms with Crippen LogP contribution in [0.2, 0.25) is 5.02 Å².